The van der Waals surface area contributed by atoms with Crippen LogP contribution in [0.4, 0.5) is 0 Å². The molecule has 0 saturated heterocycles. The molecular formula is C13H28N2OS. The summed E-state index contributed by atoms with van der Waals surface area (Å²) in [5.74, 6) is 2.53. The number of amides is 1. The Labute approximate surface area is 110 Å². The Balaban J connectivity index is 3.84. The molecule has 0 radical (unpaired) electrons. The molecule has 0 aliphatic carbocycles. The number of nitrogens with two attached hydrogens (primary N) is 1. The molecule has 0 fully saturated rings. The second-order valence-electron chi connectivity index (χ2n) is 5.04. The molecule has 1 atom stereocenters. The van der Waals surface area contributed by atoms with E-state index < -0.39 is 0 Å². The average molecular weight is 260 g/mol. The van der Waals surface area contributed by atoms with E-state index in [0.29, 0.717) is 18.9 Å². The lowest BCUT2D eigenvalue weighted by Crippen LogP contribution is -2.55. The smallest absolute Gasteiger partial charge is 0.221 e. The summed E-state index contributed by atoms with van der Waals surface area (Å²) in [6.07, 6.45) is 3.05. The van der Waals surface area contributed by atoms with Gasteiger partial charge in [0.05, 0.1) is 5.54 Å². The molecule has 17 heavy (non-hydrogen) atoms. The quantitative estimate of drug-likeness (QED) is 0.626. The van der Waals surface area contributed by atoms with Crippen molar-refractivity contribution in [3.63, 3.8) is 0 Å². The van der Waals surface area contributed by atoms with Gasteiger partial charge >= 0.3 is 0 Å². The van der Waals surface area contributed by atoms with Gasteiger partial charge in [-0.05, 0) is 25.0 Å². The van der Waals surface area contributed by atoms with E-state index in [4.69, 9.17) is 5.73 Å². The van der Waals surface area contributed by atoms with Crippen molar-refractivity contribution in [2.45, 2.75) is 52.5 Å². The van der Waals surface area contributed by atoms with Gasteiger partial charge in [0.25, 0.3) is 0 Å². The van der Waals surface area contributed by atoms with Gasteiger partial charge in [-0.25, -0.2) is 0 Å². The summed E-state index contributed by atoms with van der Waals surface area (Å²) in [5.41, 5.74) is 5.46. The third-order valence-electron chi connectivity index (χ3n) is 3.24. The number of nitrogens with one attached hydrogen (secondary N) is 1. The summed E-state index contributed by atoms with van der Waals surface area (Å²) in [6, 6.07) is 0. The van der Waals surface area contributed by atoms with E-state index in [9.17, 15) is 4.79 Å². The lowest BCUT2D eigenvalue weighted by atomic mass is 9.88. The third kappa shape index (κ3) is 6.94. The Morgan fingerprint density at radius 3 is 2.53 bits per heavy atom. The summed E-state index contributed by atoms with van der Waals surface area (Å²) in [6.45, 7) is 8.86. The summed E-state index contributed by atoms with van der Waals surface area (Å²) in [4.78, 5) is 11.8. The van der Waals surface area contributed by atoms with Crippen LogP contribution in [0.15, 0.2) is 0 Å². The maximum Gasteiger partial charge on any atom is 0.221 e. The predicted octanol–water partition coefficient (Wildman–Crippen LogP) is 2.40. The minimum absolute atomic E-state index is 0.121. The van der Waals surface area contributed by atoms with Crippen molar-refractivity contribution in [1.82, 2.24) is 5.32 Å². The Morgan fingerprint density at radius 1 is 1.41 bits per heavy atom. The summed E-state index contributed by atoms with van der Waals surface area (Å²) >= 11 is 1.86. The highest BCUT2D eigenvalue weighted by molar-refractivity contribution is 7.99. The van der Waals surface area contributed by atoms with E-state index in [0.717, 1.165) is 11.5 Å². The van der Waals surface area contributed by atoms with E-state index in [-0.39, 0.29) is 11.4 Å². The number of hydrogen-bond acceptors (Lipinski definition) is 3. The second kappa shape index (κ2) is 8.81. The molecule has 0 rings (SSSR count). The van der Waals surface area contributed by atoms with Gasteiger partial charge in [-0.1, -0.05) is 27.2 Å². The molecule has 1 unspecified atom stereocenters. The lowest BCUT2D eigenvalue weighted by Gasteiger charge is -2.33. The van der Waals surface area contributed by atoms with E-state index in [1.54, 1.807) is 0 Å². The van der Waals surface area contributed by atoms with Crippen molar-refractivity contribution in [3.8, 4) is 0 Å². The van der Waals surface area contributed by atoms with E-state index >= 15 is 0 Å². The van der Waals surface area contributed by atoms with Crippen LogP contribution in [0.3, 0.4) is 0 Å². The number of hydrogen-bond donors (Lipinski definition) is 2. The summed E-state index contributed by atoms with van der Waals surface area (Å²) < 4.78 is 0. The summed E-state index contributed by atoms with van der Waals surface area (Å²) in [5, 5.41) is 3.06. The van der Waals surface area contributed by atoms with Crippen molar-refractivity contribution in [3.05, 3.63) is 0 Å². The van der Waals surface area contributed by atoms with Crippen molar-refractivity contribution < 1.29 is 4.79 Å². The molecule has 102 valence electrons. The molecule has 3 nitrogen and oxygen atoms in total. The van der Waals surface area contributed by atoms with E-state index in [1.807, 2.05) is 18.7 Å². The van der Waals surface area contributed by atoms with Crippen LogP contribution in [0.1, 0.15) is 47.0 Å². The van der Waals surface area contributed by atoms with Gasteiger partial charge in [0.1, 0.15) is 0 Å². The maximum absolute atomic E-state index is 11.8. The first kappa shape index (κ1) is 16.8. The molecule has 0 spiro atoms. The fourth-order valence-corrected chi connectivity index (χ4v) is 2.35. The molecule has 0 aliphatic rings. The normalized spacial score (nSPS) is 14.7. The fourth-order valence-electron chi connectivity index (χ4n) is 1.33. The Bertz CT molecular complexity index is 221. The number of carbonyl (C=O) groups excluding carboxylic acids is 1. The van der Waals surface area contributed by atoms with Gasteiger partial charge in [0.15, 0.2) is 0 Å². The van der Waals surface area contributed by atoms with Crippen molar-refractivity contribution in [2.75, 3.05) is 18.1 Å². The highest BCUT2D eigenvalue weighted by Crippen LogP contribution is 2.15. The monoisotopic (exact) mass is 260 g/mol. The second-order valence-corrected chi connectivity index (χ2v) is 6.27. The first-order chi connectivity index (χ1) is 7.96. The van der Waals surface area contributed by atoms with Crippen LogP contribution in [0.2, 0.25) is 0 Å². The Kier molecular flexibility index (Phi) is 8.70. The molecule has 1 amide bonds. The lowest BCUT2D eigenvalue weighted by molar-refractivity contribution is -0.122. The minimum atomic E-state index is -0.273. The first-order valence-corrected chi connectivity index (χ1v) is 7.70. The Hall–Kier alpha value is -0.220. The number of carbonyl (C=O) groups is 1. The van der Waals surface area contributed by atoms with Crippen molar-refractivity contribution in [2.24, 2.45) is 11.7 Å². The number of thioether (sulfide) groups is 1. The molecule has 4 heteroatoms. The van der Waals surface area contributed by atoms with Crippen LogP contribution in [0.25, 0.3) is 0 Å². The zero-order valence-electron chi connectivity index (χ0n) is 11.7. The van der Waals surface area contributed by atoms with E-state index in [2.05, 4.69) is 26.1 Å². The highest BCUT2D eigenvalue weighted by Gasteiger charge is 2.28. The van der Waals surface area contributed by atoms with Gasteiger partial charge in [-0.15, -0.1) is 0 Å². The van der Waals surface area contributed by atoms with Gasteiger partial charge in [-0.2, -0.15) is 11.8 Å². The topological polar surface area (TPSA) is 55.1 Å². The molecule has 0 heterocycles. The zero-order chi connectivity index (χ0) is 13.3. The fraction of sp³-hybridized carbons (Fsp3) is 0.923. The third-order valence-corrected chi connectivity index (χ3v) is 4.31. The largest absolute Gasteiger partial charge is 0.349 e. The van der Waals surface area contributed by atoms with E-state index in [1.165, 1.54) is 12.8 Å². The molecule has 0 bridgehead atoms. The molecule has 0 aliphatic heterocycles. The van der Waals surface area contributed by atoms with Crippen LogP contribution < -0.4 is 11.1 Å². The Morgan fingerprint density at radius 2 is 2.06 bits per heavy atom. The molecular weight excluding hydrogens is 232 g/mol. The number of rotatable bonds is 9. The molecule has 0 saturated carbocycles. The SMILES string of the molecule is CCCCSCCC(=O)NC(C)(CN)C(C)C. The summed E-state index contributed by atoms with van der Waals surface area (Å²) in [7, 11) is 0. The molecule has 0 aromatic carbocycles. The zero-order valence-corrected chi connectivity index (χ0v) is 12.5. The maximum atomic E-state index is 11.8. The number of unbranched alkanes of at least 4 members (excludes halogenated alkanes) is 1. The van der Waals surface area contributed by atoms with Crippen molar-refractivity contribution in [1.29, 1.82) is 0 Å². The average Bonchev–Trinajstić information content (AvgIpc) is 2.28. The first-order valence-electron chi connectivity index (χ1n) is 6.55. The van der Waals surface area contributed by atoms with Crippen LogP contribution >= 0.6 is 11.8 Å². The van der Waals surface area contributed by atoms with Crippen LogP contribution in [-0.2, 0) is 4.79 Å². The van der Waals surface area contributed by atoms with Crippen LogP contribution in [0, 0.1) is 5.92 Å². The highest BCUT2D eigenvalue weighted by atomic mass is 32.2. The van der Waals surface area contributed by atoms with Crippen LogP contribution in [-0.4, -0.2) is 29.5 Å². The van der Waals surface area contributed by atoms with Crippen LogP contribution in [0.5, 0.6) is 0 Å². The predicted molar refractivity (Wildman–Crippen MR) is 77.3 cm³/mol. The van der Waals surface area contributed by atoms with Gasteiger partial charge < -0.3 is 11.1 Å². The standard InChI is InChI=1S/C13H28N2OS/c1-5-6-8-17-9-7-12(16)15-13(4,10-14)11(2)3/h11H,5-10,14H2,1-4H3,(H,15,16). The van der Waals surface area contributed by atoms with Gasteiger partial charge in [0, 0.05) is 18.7 Å². The van der Waals surface area contributed by atoms with Crippen molar-refractivity contribution >= 4 is 17.7 Å². The van der Waals surface area contributed by atoms with Gasteiger partial charge in [0.2, 0.25) is 5.91 Å². The van der Waals surface area contributed by atoms with Gasteiger partial charge in [-0.3, -0.25) is 4.79 Å². The molecule has 0 aromatic heterocycles. The minimum Gasteiger partial charge on any atom is -0.349 e. The molecule has 0 aromatic rings. The molecule has 3 N–H and O–H groups in total.